The van der Waals surface area contributed by atoms with Crippen molar-refractivity contribution in [1.82, 2.24) is 0 Å². The summed E-state index contributed by atoms with van der Waals surface area (Å²) in [6, 6.07) is 0. The lowest BCUT2D eigenvalue weighted by atomic mass is 10.1. The van der Waals surface area contributed by atoms with Gasteiger partial charge in [0.1, 0.15) is 6.10 Å². The minimum Gasteiger partial charge on any atom is -0.457 e. The Morgan fingerprint density at radius 2 is 0.824 bits per heavy atom. The van der Waals surface area contributed by atoms with E-state index in [1.54, 1.807) is 0 Å². The number of aliphatic hydroxyl groups is 1. The number of allylic oxidation sites excluding steroid dienone is 19. The standard InChI is InChI=1S/C47H74O4/c1-3-5-7-9-11-13-15-17-19-21-22-23-24-25-26-27-28-30-32-34-36-38-40-42-47(49)51-46(44-48)45-50-43-41-39-37-35-33-31-29-20-18-16-14-12-10-8-6-4-2/h5-8,11-14,17-20,22-23,25-26,31,33,37,39,46,48H,3-4,9-10,15-16,21,24,27-30,32,34-36,38,40-45H2,1-2H3/b7-5-,8-6-,13-11-,14-12-,19-17-,20-18-,23-22-,26-25-,33-31-,39-37-. The Morgan fingerprint density at radius 3 is 1.24 bits per heavy atom. The van der Waals surface area contributed by atoms with E-state index in [2.05, 4.69) is 135 Å². The van der Waals surface area contributed by atoms with Crippen LogP contribution in [0.2, 0.25) is 0 Å². The lowest BCUT2D eigenvalue weighted by Gasteiger charge is -2.15. The Labute approximate surface area is 314 Å². The van der Waals surface area contributed by atoms with E-state index in [1.165, 1.54) is 25.7 Å². The molecule has 0 aromatic heterocycles. The average Bonchev–Trinajstić information content (AvgIpc) is 3.14. The molecule has 51 heavy (non-hydrogen) atoms. The molecule has 4 nitrogen and oxygen atoms in total. The zero-order valence-corrected chi connectivity index (χ0v) is 32.6. The molecule has 0 saturated carbocycles. The molecule has 4 heteroatoms. The molecule has 0 aliphatic rings. The number of carbonyl (C=O) groups is 1. The highest BCUT2D eigenvalue weighted by atomic mass is 16.6. The molecule has 0 spiro atoms. The molecule has 0 amide bonds. The van der Waals surface area contributed by atoms with Gasteiger partial charge >= 0.3 is 5.97 Å². The molecule has 0 aromatic rings. The second-order valence-electron chi connectivity index (χ2n) is 12.6. The minimum absolute atomic E-state index is 0.215. The number of carbonyl (C=O) groups excluding carboxylic acids is 1. The van der Waals surface area contributed by atoms with Crippen molar-refractivity contribution in [2.75, 3.05) is 19.8 Å². The number of aliphatic hydroxyl groups excluding tert-OH is 1. The van der Waals surface area contributed by atoms with Crippen molar-refractivity contribution < 1.29 is 19.4 Å². The largest absolute Gasteiger partial charge is 0.457 e. The first-order valence-corrected chi connectivity index (χ1v) is 20.1. The minimum atomic E-state index is -0.589. The second-order valence-corrected chi connectivity index (χ2v) is 12.6. The van der Waals surface area contributed by atoms with Crippen molar-refractivity contribution in [3.8, 4) is 0 Å². The molecule has 0 aliphatic carbocycles. The van der Waals surface area contributed by atoms with Crippen LogP contribution in [0.4, 0.5) is 0 Å². The van der Waals surface area contributed by atoms with E-state index in [-0.39, 0.29) is 19.2 Å². The van der Waals surface area contributed by atoms with Crippen LogP contribution in [0.1, 0.15) is 142 Å². The summed E-state index contributed by atoms with van der Waals surface area (Å²) < 4.78 is 11.0. The Kier molecular flexibility index (Phi) is 40.3. The number of ether oxygens (including phenoxy) is 2. The first-order valence-electron chi connectivity index (χ1n) is 20.1. The summed E-state index contributed by atoms with van der Waals surface area (Å²) in [7, 11) is 0. The summed E-state index contributed by atoms with van der Waals surface area (Å²) in [5.74, 6) is -0.243. The third kappa shape index (κ3) is 41.1. The van der Waals surface area contributed by atoms with Gasteiger partial charge in [-0.15, -0.1) is 0 Å². The highest BCUT2D eigenvalue weighted by Crippen LogP contribution is 2.11. The van der Waals surface area contributed by atoms with E-state index in [0.717, 1.165) is 96.3 Å². The van der Waals surface area contributed by atoms with Crippen LogP contribution in [-0.2, 0) is 14.3 Å². The van der Waals surface area contributed by atoms with Crippen LogP contribution in [0.25, 0.3) is 0 Å². The zero-order valence-electron chi connectivity index (χ0n) is 32.6. The van der Waals surface area contributed by atoms with E-state index in [4.69, 9.17) is 9.47 Å². The van der Waals surface area contributed by atoms with Gasteiger partial charge < -0.3 is 14.6 Å². The predicted octanol–water partition coefficient (Wildman–Crippen LogP) is 13.3. The average molecular weight is 703 g/mol. The van der Waals surface area contributed by atoms with Crippen LogP contribution in [0, 0.1) is 0 Å². The molecule has 0 saturated heterocycles. The Morgan fingerprint density at radius 1 is 0.471 bits per heavy atom. The van der Waals surface area contributed by atoms with Crippen molar-refractivity contribution in [1.29, 1.82) is 0 Å². The van der Waals surface area contributed by atoms with Gasteiger partial charge in [0, 0.05) is 6.42 Å². The molecule has 1 unspecified atom stereocenters. The first kappa shape index (κ1) is 47.8. The summed E-state index contributed by atoms with van der Waals surface area (Å²) in [6.45, 7) is 4.87. The van der Waals surface area contributed by atoms with Crippen molar-refractivity contribution in [2.24, 2.45) is 0 Å². The van der Waals surface area contributed by atoms with Gasteiger partial charge in [-0.1, -0.05) is 167 Å². The fourth-order valence-corrected chi connectivity index (χ4v) is 4.89. The topological polar surface area (TPSA) is 55.8 Å². The number of rotatable bonds is 35. The fourth-order valence-electron chi connectivity index (χ4n) is 4.89. The molecule has 0 rings (SSSR count). The maximum Gasteiger partial charge on any atom is 0.306 e. The van der Waals surface area contributed by atoms with Gasteiger partial charge in [0.2, 0.25) is 0 Å². The molecule has 0 aromatic carbocycles. The summed E-state index contributed by atoms with van der Waals surface area (Å²) in [6.07, 6.45) is 64.1. The maximum absolute atomic E-state index is 12.2. The molecule has 0 aliphatic heterocycles. The lowest BCUT2D eigenvalue weighted by molar-refractivity contribution is -0.154. The molecule has 1 atom stereocenters. The summed E-state index contributed by atoms with van der Waals surface area (Å²) in [4.78, 5) is 12.2. The van der Waals surface area contributed by atoms with Gasteiger partial charge in [-0.25, -0.2) is 0 Å². The molecular weight excluding hydrogens is 629 g/mol. The quantitative estimate of drug-likeness (QED) is 0.0406. The van der Waals surface area contributed by atoms with Crippen LogP contribution in [-0.4, -0.2) is 37.0 Å². The van der Waals surface area contributed by atoms with Crippen LogP contribution in [0.5, 0.6) is 0 Å². The predicted molar refractivity (Wildman–Crippen MR) is 223 cm³/mol. The van der Waals surface area contributed by atoms with Crippen molar-refractivity contribution in [3.63, 3.8) is 0 Å². The van der Waals surface area contributed by atoms with E-state index in [9.17, 15) is 9.90 Å². The fraction of sp³-hybridized carbons (Fsp3) is 0.553. The van der Waals surface area contributed by atoms with Crippen molar-refractivity contribution >= 4 is 5.97 Å². The van der Waals surface area contributed by atoms with Crippen LogP contribution < -0.4 is 0 Å². The van der Waals surface area contributed by atoms with Gasteiger partial charge in [0.15, 0.2) is 0 Å². The third-order valence-electron chi connectivity index (χ3n) is 7.80. The van der Waals surface area contributed by atoms with Gasteiger partial charge in [-0.05, 0) is 89.9 Å². The molecule has 0 fully saturated rings. The molecule has 0 heterocycles. The Balaban J connectivity index is 3.63. The van der Waals surface area contributed by atoms with Gasteiger partial charge in [-0.3, -0.25) is 4.79 Å². The second kappa shape index (κ2) is 43.0. The summed E-state index contributed by atoms with van der Waals surface area (Å²) >= 11 is 0. The van der Waals surface area contributed by atoms with E-state index >= 15 is 0 Å². The first-order chi connectivity index (χ1) is 25.2. The van der Waals surface area contributed by atoms with Crippen molar-refractivity contribution in [2.45, 2.75) is 148 Å². The lowest BCUT2D eigenvalue weighted by Crippen LogP contribution is -2.27. The smallest absolute Gasteiger partial charge is 0.306 e. The Bertz CT molecular complexity index is 1050. The molecule has 286 valence electrons. The molecule has 1 N–H and O–H groups in total. The van der Waals surface area contributed by atoms with E-state index in [1.807, 2.05) is 0 Å². The summed E-state index contributed by atoms with van der Waals surface area (Å²) in [5, 5.41) is 9.57. The van der Waals surface area contributed by atoms with Crippen molar-refractivity contribution in [3.05, 3.63) is 122 Å². The zero-order chi connectivity index (χ0) is 37.0. The molecule has 0 bridgehead atoms. The summed E-state index contributed by atoms with van der Waals surface area (Å²) in [5.41, 5.74) is 0. The van der Waals surface area contributed by atoms with Gasteiger partial charge in [0.05, 0.1) is 19.8 Å². The number of esters is 1. The number of hydrogen-bond acceptors (Lipinski definition) is 4. The highest BCUT2D eigenvalue weighted by molar-refractivity contribution is 5.69. The molecular formula is C47H74O4. The van der Waals surface area contributed by atoms with E-state index in [0.29, 0.717) is 13.0 Å². The van der Waals surface area contributed by atoms with Gasteiger partial charge in [0.25, 0.3) is 0 Å². The van der Waals surface area contributed by atoms with Crippen LogP contribution in [0.3, 0.4) is 0 Å². The van der Waals surface area contributed by atoms with Gasteiger partial charge in [-0.2, -0.15) is 0 Å². The SMILES string of the molecule is CC/C=C\C/C=C\C/C=C\C/C=C\C/C=C\CCCCCCCCCC(=O)OC(CO)COCC/C=C\C/C=C\C/C=C\C/C=C\C/C=C\CC. The number of unbranched alkanes of at least 4 members (excludes halogenated alkanes) is 7. The molecule has 0 radical (unpaired) electrons. The highest BCUT2D eigenvalue weighted by Gasteiger charge is 2.13. The normalized spacial score (nSPS) is 13.7. The third-order valence-corrected chi connectivity index (χ3v) is 7.80. The van der Waals surface area contributed by atoms with E-state index < -0.39 is 6.10 Å². The van der Waals surface area contributed by atoms with Crippen LogP contribution >= 0.6 is 0 Å². The number of hydrogen-bond donors (Lipinski definition) is 1. The maximum atomic E-state index is 12.2. The monoisotopic (exact) mass is 703 g/mol. The van der Waals surface area contributed by atoms with Crippen LogP contribution in [0.15, 0.2) is 122 Å². The Hall–Kier alpha value is -3.21.